The Bertz CT molecular complexity index is 439. The van der Waals surface area contributed by atoms with Crippen molar-refractivity contribution >= 4 is 11.9 Å². The van der Waals surface area contributed by atoms with E-state index in [-0.39, 0.29) is 72.0 Å². The van der Waals surface area contributed by atoms with E-state index in [1.54, 1.807) is 0 Å². The Morgan fingerprint density at radius 3 is 1.21 bits per heavy atom. The predicted molar refractivity (Wildman–Crippen MR) is 129 cm³/mol. The van der Waals surface area contributed by atoms with Crippen LogP contribution in [0.4, 0.5) is 0 Å². The molecule has 1 N–H and O–H groups in total. The molecule has 0 aromatic carbocycles. The SMILES string of the molecule is CCCCCCCCCCCCCCCCCCCCCCNC(CCC(=O)[O-])C(=O)[O-].[Na+].[Na+]. The molecule has 0 amide bonds. The van der Waals surface area contributed by atoms with E-state index in [1.165, 1.54) is 116 Å². The van der Waals surface area contributed by atoms with E-state index in [4.69, 9.17) is 0 Å². The molecule has 0 aromatic rings. The summed E-state index contributed by atoms with van der Waals surface area (Å²) >= 11 is 0. The zero-order valence-corrected chi connectivity index (χ0v) is 27.0. The average Bonchev–Trinajstić information content (AvgIpc) is 2.76. The van der Waals surface area contributed by atoms with Crippen molar-refractivity contribution in [2.24, 2.45) is 0 Å². The second-order valence-electron chi connectivity index (χ2n) is 9.45. The molecular weight excluding hydrogens is 448 g/mol. The molecule has 0 aromatic heterocycles. The number of nitrogens with one attached hydrogen (secondary N) is 1. The fraction of sp³-hybridized carbons (Fsp3) is 0.926. The monoisotopic (exact) mass is 499 g/mol. The molecule has 0 fully saturated rings. The van der Waals surface area contributed by atoms with Gasteiger partial charge in [-0.25, -0.2) is 0 Å². The van der Waals surface area contributed by atoms with Crippen LogP contribution in [0.25, 0.3) is 0 Å². The van der Waals surface area contributed by atoms with Gasteiger partial charge in [0.05, 0.1) is 5.97 Å². The van der Waals surface area contributed by atoms with Crippen LogP contribution in [0.3, 0.4) is 0 Å². The van der Waals surface area contributed by atoms with Gasteiger partial charge in [0, 0.05) is 12.0 Å². The van der Waals surface area contributed by atoms with Crippen molar-refractivity contribution in [2.75, 3.05) is 6.54 Å². The largest absolute Gasteiger partial charge is 1.00 e. The van der Waals surface area contributed by atoms with Crippen molar-refractivity contribution in [3.05, 3.63) is 0 Å². The van der Waals surface area contributed by atoms with Crippen LogP contribution in [0.1, 0.15) is 148 Å². The fourth-order valence-electron chi connectivity index (χ4n) is 4.22. The first-order chi connectivity index (χ1) is 15.6. The third-order valence-corrected chi connectivity index (χ3v) is 6.34. The Balaban J connectivity index is -0.00000480. The van der Waals surface area contributed by atoms with Gasteiger partial charge in [-0.15, -0.1) is 0 Å². The molecule has 0 radical (unpaired) electrons. The third kappa shape index (κ3) is 30.9. The second kappa shape index (κ2) is 31.9. The standard InChI is InChI=1S/C27H53NO4.2Na/c1-2-3-4-5-6-7-8-9-10-11-12-13-14-15-16-17-18-19-20-21-24-28-25(27(31)32)22-23-26(29)30;;/h25,28H,2-24H2,1H3,(H,29,30)(H,31,32);;/q;2*+1/p-2. The summed E-state index contributed by atoms with van der Waals surface area (Å²) in [5.41, 5.74) is 0. The Kier molecular flexibility index (Phi) is 37.0. The molecule has 5 nitrogen and oxygen atoms in total. The van der Waals surface area contributed by atoms with Crippen molar-refractivity contribution in [3.63, 3.8) is 0 Å². The molecule has 1 atom stereocenters. The molecular formula is C27H51NNa2O4. The maximum Gasteiger partial charge on any atom is 1.00 e. The van der Waals surface area contributed by atoms with E-state index >= 15 is 0 Å². The molecule has 0 bridgehead atoms. The summed E-state index contributed by atoms with van der Waals surface area (Å²) in [7, 11) is 0. The summed E-state index contributed by atoms with van der Waals surface area (Å²) < 4.78 is 0. The molecule has 0 rings (SSSR count). The summed E-state index contributed by atoms with van der Waals surface area (Å²) in [6, 6.07) is -0.895. The van der Waals surface area contributed by atoms with Crippen LogP contribution in [0.5, 0.6) is 0 Å². The Morgan fingerprint density at radius 1 is 0.588 bits per heavy atom. The number of hydrogen-bond acceptors (Lipinski definition) is 5. The van der Waals surface area contributed by atoms with Gasteiger partial charge in [0.2, 0.25) is 0 Å². The van der Waals surface area contributed by atoms with Gasteiger partial charge in [-0.3, -0.25) is 0 Å². The van der Waals surface area contributed by atoms with Gasteiger partial charge in [-0.2, -0.15) is 0 Å². The molecule has 0 aliphatic heterocycles. The first kappa shape index (κ1) is 39.4. The van der Waals surface area contributed by atoms with Gasteiger partial charge in [0.1, 0.15) is 0 Å². The summed E-state index contributed by atoms with van der Waals surface area (Å²) in [6.45, 7) is 2.86. The van der Waals surface area contributed by atoms with E-state index in [2.05, 4.69) is 12.2 Å². The van der Waals surface area contributed by atoms with Crippen LogP contribution in [0.2, 0.25) is 0 Å². The number of carbonyl (C=O) groups excluding carboxylic acids is 2. The maximum absolute atomic E-state index is 11.0. The first-order valence-corrected chi connectivity index (χ1v) is 13.7. The van der Waals surface area contributed by atoms with Gasteiger partial charge < -0.3 is 25.1 Å². The first-order valence-electron chi connectivity index (χ1n) is 13.7. The fourth-order valence-corrected chi connectivity index (χ4v) is 4.22. The number of rotatable bonds is 26. The van der Waals surface area contributed by atoms with Crippen molar-refractivity contribution in [1.82, 2.24) is 5.32 Å². The molecule has 190 valence electrons. The average molecular weight is 500 g/mol. The third-order valence-electron chi connectivity index (χ3n) is 6.34. The molecule has 0 spiro atoms. The van der Waals surface area contributed by atoms with Crippen LogP contribution in [-0.4, -0.2) is 24.5 Å². The number of unbranched alkanes of at least 4 members (excludes halogenated alkanes) is 19. The zero-order valence-electron chi connectivity index (χ0n) is 23.0. The topological polar surface area (TPSA) is 92.3 Å². The molecule has 0 aliphatic carbocycles. The van der Waals surface area contributed by atoms with Gasteiger partial charge in [0.25, 0.3) is 0 Å². The Hall–Kier alpha value is 0.900. The zero-order chi connectivity index (χ0) is 23.7. The Labute approximate surface area is 255 Å². The van der Waals surface area contributed by atoms with Gasteiger partial charge in [-0.1, -0.05) is 129 Å². The number of carbonyl (C=O) groups is 2. The second-order valence-corrected chi connectivity index (χ2v) is 9.45. The predicted octanol–water partition coefficient (Wildman–Crippen LogP) is -0.945. The maximum atomic E-state index is 11.0. The van der Waals surface area contributed by atoms with Crippen LogP contribution in [0, 0.1) is 0 Å². The Morgan fingerprint density at radius 2 is 0.912 bits per heavy atom. The summed E-state index contributed by atoms with van der Waals surface area (Å²) in [5.74, 6) is -2.46. The molecule has 0 heterocycles. The van der Waals surface area contributed by atoms with Crippen molar-refractivity contribution in [3.8, 4) is 0 Å². The van der Waals surface area contributed by atoms with Crippen molar-refractivity contribution < 1.29 is 78.9 Å². The summed E-state index contributed by atoms with van der Waals surface area (Å²) in [6.07, 6.45) is 26.5. The number of aliphatic carboxylic acids is 2. The summed E-state index contributed by atoms with van der Waals surface area (Å²) in [4.78, 5) is 21.4. The minimum atomic E-state index is -1.24. The minimum Gasteiger partial charge on any atom is -0.550 e. The van der Waals surface area contributed by atoms with Crippen molar-refractivity contribution in [1.29, 1.82) is 0 Å². The molecule has 0 saturated heterocycles. The van der Waals surface area contributed by atoms with E-state index in [0.717, 1.165) is 12.8 Å². The van der Waals surface area contributed by atoms with E-state index in [9.17, 15) is 19.8 Å². The minimum absolute atomic E-state index is 0. The number of carboxylic acid groups (broad SMARTS) is 2. The normalized spacial score (nSPS) is 11.4. The van der Waals surface area contributed by atoms with Crippen molar-refractivity contribution in [2.45, 2.75) is 154 Å². The van der Waals surface area contributed by atoms with Gasteiger partial charge >= 0.3 is 59.1 Å². The van der Waals surface area contributed by atoms with Crippen LogP contribution in [-0.2, 0) is 9.59 Å². The van der Waals surface area contributed by atoms with Crippen LogP contribution in [0.15, 0.2) is 0 Å². The van der Waals surface area contributed by atoms with Gasteiger partial charge in [-0.05, 0) is 25.8 Å². The number of hydrogen-bond donors (Lipinski definition) is 1. The molecule has 0 aliphatic rings. The summed E-state index contributed by atoms with van der Waals surface area (Å²) in [5, 5.41) is 24.3. The van der Waals surface area contributed by atoms with E-state index < -0.39 is 18.0 Å². The molecule has 0 saturated carbocycles. The van der Waals surface area contributed by atoms with Crippen LogP contribution >= 0.6 is 0 Å². The van der Waals surface area contributed by atoms with E-state index in [0.29, 0.717) is 6.54 Å². The molecule has 7 heteroatoms. The molecule has 34 heavy (non-hydrogen) atoms. The quantitative estimate of drug-likeness (QED) is 0.122. The number of carboxylic acids is 2. The smallest absolute Gasteiger partial charge is 0.550 e. The molecule has 1 unspecified atom stereocenters. The van der Waals surface area contributed by atoms with E-state index in [1.807, 2.05) is 0 Å². The van der Waals surface area contributed by atoms with Crippen LogP contribution < -0.4 is 74.6 Å². The van der Waals surface area contributed by atoms with Gasteiger partial charge in [0.15, 0.2) is 0 Å².